The predicted octanol–water partition coefficient (Wildman–Crippen LogP) is 2.92. The SMILES string of the molecule is CC(C)OC(=O)COc1c(Cl)cccc1CNC1CC1. The molecule has 0 radical (unpaired) electrons. The summed E-state index contributed by atoms with van der Waals surface area (Å²) in [6.07, 6.45) is 2.29. The summed E-state index contributed by atoms with van der Waals surface area (Å²) in [5.74, 6) is 0.170. The summed E-state index contributed by atoms with van der Waals surface area (Å²) < 4.78 is 10.6. The number of para-hydroxylation sites is 1. The number of hydrogen-bond donors (Lipinski definition) is 1. The summed E-state index contributed by atoms with van der Waals surface area (Å²) in [6.45, 7) is 4.18. The zero-order valence-electron chi connectivity index (χ0n) is 11.8. The van der Waals surface area contributed by atoms with Gasteiger partial charge in [-0.3, -0.25) is 0 Å². The van der Waals surface area contributed by atoms with Gasteiger partial charge in [0.25, 0.3) is 0 Å². The van der Waals surface area contributed by atoms with E-state index in [9.17, 15) is 4.79 Å². The van der Waals surface area contributed by atoms with Gasteiger partial charge in [0.1, 0.15) is 5.75 Å². The molecule has 1 fully saturated rings. The second-order valence-corrected chi connectivity index (χ2v) is 5.62. The molecule has 1 aliphatic rings. The third-order valence-corrected chi connectivity index (χ3v) is 3.21. The monoisotopic (exact) mass is 297 g/mol. The zero-order valence-corrected chi connectivity index (χ0v) is 12.6. The van der Waals surface area contributed by atoms with E-state index in [1.165, 1.54) is 12.8 Å². The molecule has 1 aromatic carbocycles. The van der Waals surface area contributed by atoms with E-state index in [1.54, 1.807) is 19.9 Å². The van der Waals surface area contributed by atoms with Crippen LogP contribution in [0.1, 0.15) is 32.3 Å². The Morgan fingerprint density at radius 2 is 2.20 bits per heavy atom. The number of ether oxygens (including phenoxy) is 2. The number of hydrogen-bond acceptors (Lipinski definition) is 4. The van der Waals surface area contributed by atoms with E-state index in [0.29, 0.717) is 23.4 Å². The van der Waals surface area contributed by atoms with E-state index >= 15 is 0 Å². The molecule has 0 bridgehead atoms. The van der Waals surface area contributed by atoms with Crippen LogP contribution in [0.2, 0.25) is 5.02 Å². The van der Waals surface area contributed by atoms with Crippen molar-refractivity contribution in [3.8, 4) is 5.75 Å². The minimum absolute atomic E-state index is 0.127. The predicted molar refractivity (Wildman–Crippen MR) is 78.0 cm³/mol. The summed E-state index contributed by atoms with van der Waals surface area (Å²) in [5.41, 5.74) is 0.960. The fraction of sp³-hybridized carbons (Fsp3) is 0.533. The highest BCUT2D eigenvalue weighted by Gasteiger charge is 2.21. The molecule has 110 valence electrons. The molecular weight excluding hydrogens is 278 g/mol. The smallest absolute Gasteiger partial charge is 0.344 e. The van der Waals surface area contributed by atoms with Crippen molar-refractivity contribution < 1.29 is 14.3 Å². The molecule has 0 spiro atoms. The topological polar surface area (TPSA) is 47.6 Å². The highest BCUT2D eigenvalue weighted by atomic mass is 35.5. The molecule has 1 aromatic rings. The maximum atomic E-state index is 11.5. The molecule has 0 aliphatic heterocycles. The number of rotatable bonds is 7. The Morgan fingerprint density at radius 3 is 2.85 bits per heavy atom. The molecule has 1 aliphatic carbocycles. The maximum Gasteiger partial charge on any atom is 0.344 e. The van der Waals surface area contributed by atoms with Gasteiger partial charge in [-0.05, 0) is 32.8 Å². The second-order valence-electron chi connectivity index (χ2n) is 5.21. The number of nitrogens with one attached hydrogen (secondary N) is 1. The first-order chi connectivity index (χ1) is 9.56. The molecule has 20 heavy (non-hydrogen) atoms. The van der Waals surface area contributed by atoms with Crippen molar-refractivity contribution in [2.45, 2.75) is 45.4 Å². The van der Waals surface area contributed by atoms with Crippen LogP contribution in [-0.4, -0.2) is 24.7 Å². The first-order valence-corrected chi connectivity index (χ1v) is 7.27. The highest BCUT2D eigenvalue weighted by molar-refractivity contribution is 6.32. The minimum atomic E-state index is -0.388. The summed E-state index contributed by atoms with van der Waals surface area (Å²) in [7, 11) is 0. The van der Waals surface area contributed by atoms with E-state index in [4.69, 9.17) is 21.1 Å². The molecule has 1 saturated carbocycles. The van der Waals surface area contributed by atoms with Crippen LogP contribution in [0.25, 0.3) is 0 Å². The van der Waals surface area contributed by atoms with Crippen LogP contribution < -0.4 is 10.1 Å². The van der Waals surface area contributed by atoms with Crippen LogP contribution in [0, 0.1) is 0 Å². The van der Waals surface area contributed by atoms with Gasteiger partial charge in [0.2, 0.25) is 0 Å². The van der Waals surface area contributed by atoms with Gasteiger partial charge in [-0.15, -0.1) is 0 Å². The average molecular weight is 298 g/mol. The Balaban J connectivity index is 1.95. The maximum absolute atomic E-state index is 11.5. The third kappa shape index (κ3) is 4.69. The molecule has 0 amide bonds. The van der Waals surface area contributed by atoms with Gasteiger partial charge in [-0.2, -0.15) is 0 Å². The lowest BCUT2D eigenvalue weighted by molar-refractivity contribution is -0.149. The largest absolute Gasteiger partial charge is 0.480 e. The Labute approximate surface area is 124 Å². The van der Waals surface area contributed by atoms with Crippen LogP contribution >= 0.6 is 11.6 Å². The van der Waals surface area contributed by atoms with Crippen molar-refractivity contribution in [1.29, 1.82) is 0 Å². The van der Waals surface area contributed by atoms with Crippen LogP contribution in [-0.2, 0) is 16.1 Å². The van der Waals surface area contributed by atoms with Crippen LogP contribution in [0.15, 0.2) is 18.2 Å². The number of esters is 1. The van der Waals surface area contributed by atoms with Crippen molar-refractivity contribution in [2.24, 2.45) is 0 Å². The second kappa shape index (κ2) is 6.95. The Bertz CT molecular complexity index is 472. The van der Waals surface area contributed by atoms with Gasteiger partial charge in [0, 0.05) is 18.2 Å². The number of carbonyl (C=O) groups is 1. The van der Waals surface area contributed by atoms with Gasteiger partial charge >= 0.3 is 5.97 Å². The lowest BCUT2D eigenvalue weighted by Gasteiger charge is -2.14. The van der Waals surface area contributed by atoms with Gasteiger partial charge < -0.3 is 14.8 Å². The Kier molecular flexibility index (Phi) is 5.26. The van der Waals surface area contributed by atoms with Crippen LogP contribution in [0.5, 0.6) is 5.75 Å². The van der Waals surface area contributed by atoms with Crippen molar-refractivity contribution in [1.82, 2.24) is 5.32 Å². The Hall–Kier alpha value is -1.26. The van der Waals surface area contributed by atoms with Gasteiger partial charge in [-0.25, -0.2) is 4.79 Å². The average Bonchev–Trinajstić information content (AvgIpc) is 3.18. The summed E-state index contributed by atoms with van der Waals surface area (Å²) in [6, 6.07) is 6.19. The van der Waals surface area contributed by atoms with Crippen molar-refractivity contribution in [3.63, 3.8) is 0 Å². The fourth-order valence-electron chi connectivity index (χ4n) is 1.82. The molecular formula is C15H20ClNO3. The molecule has 0 unspecified atom stereocenters. The van der Waals surface area contributed by atoms with E-state index in [0.717, 1.165) is 5.56 Å². The molecule has 0 aromatic heterocycles. The summed E-state index contributed by atoms with van der Waals surface area (Å²) >= 11 is 6.14. The normalized spacial score (nSPS) is 14.4. The zero-order chi connectivity index (χ0) is 14.5. The quantitative estimate of drug-likeness (QED) is 0.786. The van der Waals surface area contributed by atoms with Crippen molar-refractivity contribution in [2.75, 3.05) is 6.61 Å². The molecule has 0 atom stereocenters. The van der Waals surface area contributed by atoms with Crippen molar-refractivity contribution >= 4 is 17.6 Å². The summed E-state index contributed by atoms with van der Waals surface area (Å²) in [4.78, 5) is 11.5. The minimum Gasteiger partial charge on any atom is -0.480 e. The van der Waals surface area contributed by atoms with E-state index < -0.39 is 0 Å². The molecule has 4 nitrogen and oxygen atoms in total. The molecule has 2 rings (SSSR count). The molecule has 1 N–H and O–H groups in total. The van der Waals surface area contributed by atoms with Gasteiger partial charge in [0.15, 0.2) is 6.61 Å². The van der Waals surface area contributed by atoms with Crippen LogP contribution in [0.4, 0.5) is 0 Å². The summed E-state index contributed by atoms with van der Waals surface area (Å²) in [5, 5.41) is 3.92. The third-order valence-electron chi connectivity index (χ3n) is 2.91. The van der Waals surface area contributed by atoms with Crippen LogP contribution in [0.3, 0.4) is 0 Å². The lowest BCUT2D eigenvalue weighted by Crippen LogP contribution is -2.20. The Morgan fingerprint density at radius 1 is 1.45 bits per heavy atom. The standard InChI is InChI=1S/C15H20ClNO3/c1-10(2)20-14(18)9-19-15-11(4-3-5-13(15)16)8-17-12-6-7-12/h3-5,10,12,17H,6-9H2,1-2H3. The number of benzene rings is 1. The fourth-order valence-corrected chi connectivity index (χ4v) is 2.07. The highest BCUT2D eigenvalue weighted by Crippen LogP contribution is 2.29. The van der Waals surface area contributed by atoms with E-state index in [2.05, 4.69) is 5.32 Å². The number of carbonyl (C=O) groups excluding carboxylic acids is 1. The first kappa shape index (κ1) is 15.1. The van der Waals surface area contributed by atoms with Gasteiger partial charge in [0.05, 0.1) is 11.1 Å². The molecule has 0 saturated heterocycles. The first-order valence-electron chi connectivity index (χ1n) is 6.89. The molecule has 0 heterocycles. The molecule has 5 heteroatoms. The van der Waals surface area contributed by atoms with Gasteiger partial charge in [-0.1, -0.05) is 23.7 Å². The van der Waals surface area contributed by atoms with Crippen molar-refractivity contribution in [3.05, 3.63) is 28.8 Å². The lowest BCUT2D eigenvalue weighted by atomic mass is 10.2. The van der Waals surface area contributed by atoms with E-state index in [1.807, 2.05) is 12.1 Å². The van der Waals surface area contributed by atoms with E-state index in [-0.39, 0.29) is 18.7 Å². The number of halogens is 1.